The van der Waals surface area contributed by atoms with E-state index in [9.17, 15) is 4.79 Å². The summed E-state index contributed by atoms with van der Waals surface area (Å²) >= 11 is 0. The first kappa shape index (κ1) is 31.5. The number of ether oxygens (including phenoxy) is 1. The van der Waals surface area contributed by atoms with Gasteiger partial charge in [0.2, 0.25) is 0 Å². The van der Waals surface area contributed by atoms with Gasteiger partial charge in [0, 0.05) is 0 Å². The van der Waals surface area contributed by atoms with E-state index in [1.165, 1.54) is 109 Å². The average molecular weight is 453 g/mol. The van der Waals surface area contributed by atoms with Crippen molar-refractivity contribution in [3.8, 4) is 0 Å². The normalized spacial score (nSPS) is 13.2. The molecule has 0 rings (SSSR count). The fraction of sp³-hybridized carbons (Fsp3) is 0.967. The van der Waals surface area contributed by atoms with Crippen molar-refractivity contribution < 1.29 is 9.53 Å². The van der Waals surface area contributed by atoms with Gasteiger partial charge >= 0.3 is 5.97 Å². The predicted molar refractivity (Wildman–Crippen MR) is 142 cm³/mol. The summed E-state index contributed by atoms with van der Waals surface area (Å²) < 4.78 is 5.82. The molecule has 0 radical (unpaired) electrons. The second-order valence-electron chi connectivity index (χ2n) is 10.3. The second-order valence-corrected chi connectivity index (χ2v) is 10.3. The molecule has 1 atom stereocenters. The van der Waals surface area contributed by atoms with Crippen LogP contribution < -0.4 is 0 Å². The van der Waals surface area contributed by atoms with Gasteiger partial charge in [0.1, 0.15) is 0 Å². The summed E-state index contributed by atoms with van der Waals surface area (Å²) in [6, 6.07) is 0. The zero-order valence-corrected chi connectivity index (χ0v) is 22.8. The second kappa shape index (κ2) is 23.6. The standard InChI is InChI=1S/C30H60O2/c1-5-9-12-14-15-16-17-18-19-20-21-22-23-25-28-32-29(31)30(8-4,26-11-7-3)27-24-13-10-6-2/h5-28H2,1-4H3. The summed E-state index contributed by atoms with van der Waals surface area (Å²) in [6.45, 7) is 9.56. The van der Waals surface area contributed by atoms with Gasteiger partial charge in [-0.3, -0.25) is 4.79 Å². The number of rotatable bonds is 25. The van der Waals surface area contributed by atoms with Crippen LogP contribution in [0.4, 0.5) is 0 Å². The highest BCUT2D eigenvalue weighted by molar-refractivity contribution is 5.76. The highest BCUT2D eigenvalue weighted by Crippen LogP contribution is 2.36. The Kier molecular flexibility index (Phi) is 23.2. The van der Waals surface area contributed by atoms with Gasteiger partial charge in [-0.2, -0.15) is 0 Å². The van der Waals surface area contributed by atoms with Gasteiger partial charge < -0.3 is 4.74 Å². The van der Waals surface area contributed by atoms with Crippen molar-refractivity contribution in [1.29, 1.82) is 0 Å². The molecule has 0 bridgehead atoms. The van der Waals surface area contributed by atoms with Gasteiger partial charge in [-0.15, -0.1) is 0 Å². The maximum atomic E-state index is 13.0. The van der Waals surface area contributed by atoms with Gasteiger partial charge in [0.25, 0.3) is 0 Å². The minimum atomic E-state index is -0.222. The van der Waals surface area contributed by atoms with E-state index < -0.39 is 0 Å². The molecule has 0 saturated heterocycles. The maximum Gasteiger partial charge on any atom is 0.312 e. The van der Waals surface area contributed by atoms with E-state index in [1.54, 1.807) is 0 Å². The van der Waals surface area contributed by atoms with E-state index in [-0.39, 0.29) is 11.4 Å². The molecule has 192 valence electrons. The quantitative estimate of drug-likeness (QED) is 0.102. The van der Waals surface area contributed by atoms with Crippen molar-refractivity contribution in [3.05, 3.63) is 0 Å². The summed E-state index contributed by atoms with van der Waals surface area (Å²) in [4.78, 5) is 13.0. The summed E-state index contributed by atoms with van der Waals surface area (Å²) in [5.74, 6) is 0.0969. The molecule has 2 nitrogen and oxygen atoms in total. The Balaban J connectivity index is 3.81. The molecular weight excluding hydrogens is 392 g/mol. The van der Waals surface area contributed by atoms with Crippen molar-refractivity contribution in [2.24, 2.45) is 5.41 Å². The third-order valence-corrected chi connectivity index (χ3v) is 7.36. The van der Waals surface area contributed by atoms with Crippen molar-refractivity contribution in [2.75, 3.05) is 6.61 Å². The zero-order chi connectivity index (χ0) is 23.8. The first-order valence-corrected chi connectivity index (χ1v) is 14.8. The molecule has 0 aliphatic heterocycles. The lowest BCUT2D eigenvalue weighted by molar-refractivity contribution is -0.157. The van der Waals surface area contributed by atoms with Crippen LogP contribution in [0.25, 0.3) is 0 Å². The van der Waals surface area contributed by atoms with E-state index in [1.807, 2.05) is 0 Å². The molecular formula is C30H60O2. The van der Waals surface area contributed by atoms with Crippen LogP contribution >= 0.6 is 0 Å². The number of unbranched alkanes of at least 4 members (excludes halogenated alkanes) is 17. The summed E-state index contributed by atoms with van der Waals surface area (Å²) in [6.07, 6.45) is 29.2. The molecule has 0 aromatic heterocycles. The fourth-order valence-electron chi connectivity index (χ4n) is 4.85. The molecule has 0 saturated carbocycles. The Morgan fingerprint density at radius 1 is 0.500 bits per heavy atom. The van der Waals surface area contributed by atoms with Crippen LogP contribution in [0, 0.1) is 5.41 Å². The molecule has 0 spiro atoms. The van der Waals surface area contributed by atoms with Crippen LogP contribution in [0.3, 0.4) is 0 Å². The maximum absolute atomic E-state index is 13.0. The molecule has 0 aliphatic rings. The number of esters is 1. The average Bonchev–Trinajstić information content (AvgIpc) is 2.81. The topological polar surface area (TPSA) is 26.3 Å². The van der Waals surface area contributed by atoms with E-state index in [0.29, 0.717) is 6.61 Å². The van der Waals surface area contributed by atoms with E-state index in [4.69, 9.17) is 4.74 Å². The van der Waals surface area contributed by atoms with Crippen molar-refractivity contribution >= 4 is 5.97 Å². The third kappa shape index (κ3) is 17.0. The van der Waals surface area contributed by atoms with E-state index >= 15 is 0 Å². The highest BCUT2D eigenvalue weighted by Gasteiger charge is 2.36. The highest BCUT2D eigenvalue weighted by atomic mass is 16.5. The largest absolute Gasteiger partial charge is 0.465 e. The molecule has 2 heteroatoms. The minimum absolute atomic E-state index is 0.0969. The Labute approximate surface area is 203 Å². The first-order chi connectivity index (χ1) is 15.7. The van der Waals surface area contributed by atoms with Crippen molar-refractivity contribution in [1.82, 2.24) is 0 Å². The van der Waals surface area contributed by atoms with E-state index in [2.05, 4.69) is 27.7 Å². The van der Waals surface area contributed by atoms with Crippen LogP contribution in [0.15, 0.2) is 0 Å². The molecule has 0 aromatic rings. The summed E-state index contributed by atoms with van der Waals surface area (Å²) in [7, 11) is 0. The Morgan fingerprint density at radius 3 is 1.31 bits per heavy atom. The first-order valence-electron chi connectivity index (χ1n) is 14.8. The van der Waals surface area contributed by atoms with Crippen LogP contribution in [-0.2, 0) is 9.53 Å². The van der Waals surface area contributed by atoms with Gasteiger partial charge in [-0.25, -0.2) is 0 Å². The molecule has 0 N–H and O–H groups in total. The van der Waals surface area contributed by atoms with Crippen LogP contribution in [0.5, 0.6) is 0 Å². The molecule has 1 unspecified atom stereocenters. The third-order valence-electron chi connectivity index (χ3n) is 7.36. The molecule has 0 amide bonds. The summed E-state index contributed by atoms with van der Waals surface area (Å²) in [5, 5.41) is 0. The molecule has 0 fully saturated rings. The molecule has 0 aliphatic carbocycles. The minimum Gasteiger partial charge on any atom is -0.465 e. The number of hydrogen-bond donors (Lipinski definition) is 0. The number of hydrogen-bond acceptors (Lipinski definition) is 2. The van der Waals surface area contributed by atoms with Crippen LogP contribution in [-0.4, -0.2) is 12.6 Å². The molecule has 32 heavy (non-hydrogen) atoms. The number of carbonyl (C=O) groups excluding carboxylic acids is 1. The smallest absolute Gasteiger partial charge is 0.312 e. The Morgan fingerprint density at radius 2 is 0.875 bits per heavy atom. The van der Waals surface area contributed by atoms with Crippen molar-refractivity contribution in [2.45, 2.75) is 175 Å². The zero-order valence-electron chi connectivity index (χ0n) is 22.8. The molecule has 0 heterocycles. The van der Waals surface area contributed by atoms with Gasteiger partial charge in [-0.1, -0.05) is 150 Å². The van der Waals surface area contributed by atoms with Gasteiger partial charge in [0.15, 0.2) is 0 Å². The SMILES string of the molecule is CCCCCCCCCCCCCCCCOC(=O)C(CC)(CCCC)CCCCCC. The van der Waals surface area contributed by atoms with Crippen LogP contribution in [0.2, 0.25) is 0 Å². The fourth-order valence-corrected chi connectivity index (χ4v) is 4.85. The molecule has 0 aromatic carbocycles. The lowest BCUT2D eigenvalue weighted by Crippen LogP contribution is -2.33. The lowest BCUT2D eigenvalue weighted by atomic mass is 9.76. The monoisotopic (exact) mass is 452 g/mol. The lowest BCUT2D eigenvalue weighted by Gasteiger charge is -2.30. The van der Waals surface area contributed by atoms with Gasteiger partial charge in [-0.05, 0) is 25.7 Å². The Hall–Kier alpha value is -0.530. The number of carbonyl (C=O) groups is 1. The van der Waals surface area contributed by atoms with E-state index in [0.717, 1.165) is 38.5 Å². The van der Waals surface area contributed by atoms with Gasteiger partial charge in [0.05, 0.1) is 12.0 Å². The van der Waals surface area contributed by atoms with Crippen molar-refractivity contribution in [3.63, 3.8) is 0 Å². The summed E-state index contributed by atoms with van der Waals surface area (Å²) in [5.41, 5.74) is -0.222. The predicted octanol–water partition coefficient (Wildman–Crippen LogP) is 10.6. The van der Waals surface area contributed by atoms with Crippen LogP contribution in [0.1, 0.15) is 175 Å². The Bertz CT molecular complexity index is 392.